The molecule has 0 radical (unpaired) electrons. The van der Waals surface area contributed by atoms with E-state index < -0.39 is 0 Å². The van der Waals surface area contributed by atoms with Crippen molar-refractivity contribution in [3.8, 4) is 5.75 Å². The molecule has 3 heteroatoms. The number of benzene rings is 1. The molecule has 14 heavy (non-hydrogen) atoms. The highest BCUT2D eigenvalue weighted by Crippen LogP contribution is 2.21. The van der Waals surface area contributed by atoms with E-state index in [1.54, 1.807) is 0 Å². The van der Waals surface area contributed by atoms with E-state index in [2.05, 4.69) is 0 Å². The largest absolute Gasteiger partial charge is 0.486 e. The van der Waals surface area contributed by atoms with Crippen molar-refractivity contribution in [2.75, 3.05) is 6.61 Å². The second kappa shape index (κ2) is 4.77. The summed E-state index contributed by atoms with van der Waals surface area (Å²) in [6.07, 6.45) is 0.713. The average Bonchev–Trinajstić information content (AvgIpc) is 2.14. The van der Waals surface area contributed by atoms with Crippen LogP contribution in [-0.4, -0.2) is 18.0 Å². The highest BCUT2D eigenvalue weighted by molar-refractivity contribution is 5.52. The molecule has 76 valence electrons. The van der Waals surface area contributed by atoms with Gasteiger partial charge in [-0.15, -0.1) is 0 Å². The number of rotatable bonds is 4. The third-order valence-electron chi connectivity index (χ3n) is 2.15. The number of aryl methyl sites for hydroxylation is 2. The topological polar surface area (TPSA) is 46.5 Å². The third-order valence-corrected chi connectivity index (χ3v) is 2.15. The molecule has 1 aromatic rings. The lowest BCUT2D eigenvalue weighted by Crippen LogP contribution is -2.00. The molecule has 0 amide bonds. The quantitative estimate of drug-likeness (QED) is 0.736. The van der Waals surface area contributed by atoms with E-state index in [0.29, 0.717) is 12.0 Å². The van der Waals surface area contributed by atoms with Crippen LogP contribution in [-0.2, 0) is 11.4 Å². The summed E-state index contributed by atoms with van der Waals surface area (Å²) in [5.41, 5.74) is 2.88. The summed E-state index contributed by atoms with van der Waals surface area (Å²) in [4.78, 5) is 10.1. The normalized spacial score (nSPS) is 9.93. The van der Waals surface area contributed by atoms with Gasteiger partial charge in [0.15, 0.2) is 6.29 Å². The van der Waals surface area contributed by atoms with Crippen LogP contribution in [0.25, 0.3) is 0 Å². The van der Waals surface area contributed by atoms with Gasteiger partial charge in [-0.2, -0.15) is 0 Å². The van der Waals surface area contributed by atoms with Crippen molar-refractivity contribution >= 4 is 6.29 Å². The van der Waals surface area contributed by atoms with Gasteiger partial charge in [-0.3, -0.25) is 4.79 Å². The fraction of sp³-hybridized carbons (Fsp3) is 0.364. The van der Waals surface area contributed by atoms with Gasteiger partial charge in [-0.25, -0.2) is 0 Å². The first-order valence-electron chi connectivity index (χ1n) is 4.46. The monoisotopic (exact) mass is 194 g/mol. The highest BCUT2D eigenvalue weighted by Gasteiger charge is 2.04. The van der Waals surface area contributed by atoms with Crippen LogP contribution >= 0.6 is 0 Å². The van der Waals surface area contributed by atoms with Gasteiger partial charge in [-0.05, 0) is 42.7 Å². The van der Waals surface area contributed by atoms with Gasteiger partial charge < -0.3 is 9.84 Å². The minimum Gasteiger partial charge on any atom is -0.486 e. The fourth-order valence-corrected chi connectivity index (χ4v) is 1.42. The van der Waals surface area contributed by atoms with Crippen molar-refractivity contribution in [3.63, 3.8) is 0 Å². The summed E-state index contributed by atoms with van der Waals surface area (Å²) in [7, 11) is 0. The molecule has 0 aromatic heterocycles. The molecule has 0 heterocycles. The lowest BCUT2D eigenvalue weighted by atomic mass is 10.0. The van der Waals surface area contributed by atoms with Crippen molar-refractivity contribution in [1.82, 2.24) is 0 Å². The second-order valence-electron chi connectivity index (χ2n) is 3.17. The molecule has 1 aromatic carbocycles. The predicted molar refractivity (Wildman–Crippen MR) is 53.4 cm³/mol. The molecule has 0 aliphatic carbocycles. The number of aliphatic hydroxyl groups excluding tert-OH is 1. The standard InChI is InChI=1S/C11H14O3/c1-8-5-10(14-4-3-12)6-9(2)11(8)7-13/h3,5-6,13H,4,7H2,1-2H3. The Hall–Kier alpha value is -1.35. The Balaban J connectivity index is 2.95. The molecule has 0 spiro atoms. The third kappa shape index (κ3) is 2.33. The van der Waals surface area contributed by atoms with Gasteiger partial charge in [-0.1, -0.05) is 0 Å². The minimum atomic E-state index is 0.0334. The molecule has 1 rings (SSSR count). The number of hydrogen-bond donors (Lipinski definition) is 1. The van der Waals surface area contributed by atoms with Crippen LogP contribution in [0.4, 0.5) is 0 Å². The van der Waals surface area contributed by atoms with Crippen LogP contribution in [0.15, 0.2) is 12.1 Å². The summed E-state index contributed by atoms with van der Waals surface area (Å²) in [6, 6.07) is 3.64. The second-order valence-corrected chi connectivity index (χ2v) is 3.17. The van der Waals surface area contributed by atoms with Crippen LogP contribution in [0.5, 0.6) is 5.75 Å². The van der Waals surface area contributed by atoms with Gasteiger partial charge in [0, 0.05) is 0 Å². The first-order chi connectivity index (χ1) is 6.69. The molecular weight excluding hydrogens is 180 g/mol. The summed E-state index contributed by atoms with van der Waals surface area (Å²) < 4.78 is 5.17. The van der Waals surface area contributed by atoms with Crippen molar-refractivity contribution in [2.24, 2.45) is 0 Å². The van der Waals surface area contributed by atoms with Gasteiger partial charge in [0.05, 0.1) is 6.61 Å². The van der Waals surface area contributed by atoms with E-state index >= 15 is 0 Å². The summed E-state index contributed by atoms with van der Waals surface area (Å²) in [5.74, 6) is 0.671. The first-order valence-corrected chi connectivity index (χ1v) is 4.46. The zero-order valence-corrected chi connectivity index (χ0v) is 8.41. The maximum Gasteiger partial charge on any atom is 0.157 e. The Morgan fingerprint density at radius 2 is 1.93 bits per heavy atom. The fourth-order valence-electron chi connectivity index (χ4n) is 1.42. The Bertz CT molecular complexity index is 308. The Labute approximate surface area is 83.3 Å². The van der Waals surface area contributed by atoms with Gasteiger partial charge >= 0.3 is 0 Å². The molecular formula is C11H14O3. The highest BCUT2D eigenvalue weighted by atomic mass is 16.5. The molecule has 1 N–H and O–H groups in total. The number of carbonyl (C=O) groups is 1. The number of hydrogen-bond acceptors (Lipinski definition) is 3. The molecule has 0 aliphatic rings. The lowest BCUT2D eigenvalue weighted by molar-refractivity contribution is -0.109. The number of aldehydes is 1. The van der Waals surface area contributed by atoms with Gasteiger partial charge in [0.2, 0.25) is 0 Å². The van der Waals surface area contributed by atoms with E-state index in [1.165, 1.54) is 0 Å². The van der Waals surface area contributed by atoms with Crippen LogP contribution in [0.1, 0.15) is 16.7 Å². The Morgan fingerprint density at radius 1 is 1.36 bits per heavy atom. The Morgan fingerprint density at radius 3 is 2.36 bits per heavy atom. The number of ether oxygens (including phenoxy) is 1. The van der Waals surface area contributed by atoms with Crippen molar-refractivity contribution in [2.45, 2.75) is 20.5 Å². The maximum atomic E-state index is 10.1. The zero-order chi connectivity index (χ0) is 10.6. The summed E-state index contributed by atoms with van der Waals surface area (Å²) in [6.45, 7) is 3.92. The lowest BCUT2D eigenvalue weighted by Gasteiger charge is -2.10. The van der Waals surface area contributed by atoms with E-state index in [-0.39, 0.29) is 13.2 Å². The number of carbonyl (C=O) groups excluding carboxylic acids is 1. The van der Waals surface area contributed by atoms with Crippen molar-refractivity contribution in [3.05, 3.63) is 28.8 Å². The van der Waals surface area contributed by atoms with Crippen LogP contribution in [0.3, 0.4) is 0 Å². The van der Waals surface area contributed by atoms with Crippen LogP contribution in [0, 0.1) is 13.8 Å². The molecule has 3 nitrogen and oxygen atoms in total. The molecule has 0 saturated heterocycles. The molecule has 0 atom stereocenters. The molecule has 0 fully saturated rings. The zero-order valence-electron chi connectivity index (χ0n) is 8.41. The van der Waals surface area contributed by atoms with E-state index in [0.717, 1.165) is 16.7 Å². The van der Waals surface area contributed by atoms with Crippen molar-refractivity contribution in [1.29, 1.82) is 0 Å². The summed E-state index contributed by atoms with van der Waals surface area (Å²) >= 11 is 0. The molecule has 0 bridgehead atoms. The van der Waals surface area contributed by atoms with E-state index in [9.17, 15) is 4.79 Å². The van der Waals surface area contributed by atoms with Crippen molar-refractivity contribution < 1.29 is 14.6 Å². The number of aliphatic hydroxyl groups is 1. The first kappa shape index (κ1) is 10.7. The van der Waals surface area contributed by atoms with Crippen LogP contribution < -0.4 is 4.74 Å². The predicted octanol–water partition coefficient (Wildman–Crippen LogP) is 1.37. The van der Waals surface area contributed by atoms with E-state index in [1.807, 2.05) is 26.0 Å². The SMILES string of the molecule is Cc1cc(OCC=O)cc(C)c1CO. The van der Waals surface area contributed by atoms with E-state index in [4.69, 9.17) is 9.84 Å². The molecule has 0 aliphatic heterocycles. The van der Waals surface area contributed by atoms with Crippen LogP contribution in [0.2, 0.25) is 0 Å². The Kier molecular flexibility index (Phi) is 3.65. The van der Waals surface area contributed by atoms with Gasteiger partial charge in [0.25, 0.3) is 0 Å². The maximum absolute atomic E-state index is 10.1. The summed E-state index contributed by atoms with van der Waals surface area (Å²) in [5, 5.41) is 9.07. The smallest absolute Gasteiger partial charge is 0.157 e. The molecule has 0 saturated carbocycles. The molecule has 0 unspecified atom stereocenters. The van der Waals surface area contributed by atoms with Gasteiger partial charge in [0.1, 0.15) is 12.4 Å². The minimum absolute atomic E-state index is 0.0334. The average molecular weight is 194 g/mol.